The summed E-state index contributed by atoms with van der Waals surface area (Å²) < 4.78 is 35.4. The maximum Gasteiger partial charge on any atom is 0.333 e. The van der Waals surface area contributed by atoms with Crippen LogP contribution in [0, 0.1) is 0 Å². The highest BCUT2D eigenvalue weighted by Gasteiger charge is 2.02. The van der Waals surface area contributed by atoms with Gasteiger partial charge in [-0.1, -0.05) is 6.07 Å². The molecule has 1 aromatic rings. The van der Waals surface area contributed by atoms with Crippen LogP contribution in [0.15, 0.2) is 24.3 Å². The molecule has 0 aromatic heterocycles. The number of hydrogen-bond acceptors (Lipinski definition) is 5. The van der Waals surface area contributed by atoms with Gasteiger partial charge >= 0.3 is 10.3 Å². The van der Waals surface area contributed by atoms with Gasteiger partial charge in [-0.25, -0.2) is 5.14 Å². The first-order valence-electron chi connectivity index (χ1n) is 4.45. The molecule has 90 valence electrons. The highest BCUT2D eigenvalue weighted by Crippen LogP contribution is 2.18. The molecule has 1 aromatic carbocycles. The summed E-state index contributed by atoms with van der Waals surface area (Å²) in [6, 6.07) is 6.93. The number of methoxy groups -OCH3 is 1. The molecule has 16 heavy (non-hydrogen) atoms. The van der Waals surface area contributed by atoms with Gasteiger partial charge in [0.1, 0.15) is 24.7 Å². The Hall–Kier alpha value is -1.31. The van der Waals surface area contributed by atoms with Crippen LogP contribution in [0.4, 0.5) is 0 Å². The van der Waals surface area contributed by atoms with E-state index < -0.39 is 10.3 Å². The van der Waals surface area contributed by atoms with Gasteiger partial charge in [0.25, 0.3) is 0 Å². The first-order chi connectivity index (χ1) is 7.51. The Morgan fingerprint density at radius 1 is 1.25 bits per heavy atom. The van der Waals surface area contributed by atoms with E-state index in [-0.39, 0.29) is 13.2 Å². The number of benzene rings is 1. The summed E-state index contributed by atoms with van der Waals surface area (Å²) in [5, 5.41) is 4.64. The van der Waals surface area contributed by atoms with Crippen molar-refractivity contribution in [2.75, 3.05) is 20.3 Å². The summed E-state index contributed by atoms with van der Waals surface area (Å²) in [4.78, 5) is 0. The summed E-state index contributed by atoms with van der Waals surface area (Å²) in [5.41, 5.74) is 0. The minimum absolute atomic E-state index is 0.0869. The molecule has 0 bridgehead atoms. The summed E-state index contributed by atoms with van der Waals surface area (Å²) >= 11 is 0. The van der Waals surface area contributed by atoms with E-state index in [0.29, 0.717) is 11.5 Å². The van der Waals surface area contributed by atoms with E-state index in [1.807, 2.05) is 0 Å². The highest BCUT2D eigenvalue weighted by atomic mass is 32.2. The van der Waals surface area contributed by atoms with Gasteiger partial charge in [0.2, 0.25) is 0 Å². The van der Waals surface area contributed by atoms with Crippen molar-refractivity contribution in [3.8, 4) is 11.5 Å². The maximum absolute atomic E-state index is 10.4. The number of rotatable bonds is 6. The van der Waals surface area contributed by atoms with Gasteiger partial charge in [0.15, 0.2) is 0 Å². The van der Waals surface area contributed by atoms with E-state index in [4.69, 9.17) is 9.47 Å². The Kier molecular flexibility index (Phi) is 4.53. The third-order valence-electron chi connectivity index (χ3n) is 1.64. The Morgan fingerprint density at radius 3 is 2.56 bits per heavy atom. The van der Waals surface area contributed by atoms with Crippen molar-refractivity contribution in [1.82, 2.24) is 0 Å². The van der Waals surface area contributed by atoms with Crippen LogP contribution < -0.4 is 14.6 Å². The smallest absolute Gasteiger partial charge is 0.333 e. The van der Waals surface area contributed by atoms with Crippen LogP contribution in [0.5, 0.6) is 11.5 Å². The molecule has 6 nitrogen and oxygen atoms in total. The van der Waals surface area contributed by atoms with Gasteiger partial charge in [-0.15, -0.1) is 0 Å². The summed E-state index contributed by atoms with van der Waals surface area (Å²) in [6.07, 6.45) is 0. The molecule has 0 amide bonds. The first-order valence-corrected chi connectivity index (χ1v) is 5.92. The zero-order chi connectivity index (χ0) is 12.0. The second-order valence-corrected chi connectivity index (χ2v) is 4.06. The van der Waals surface area contributed by atoms with Crippen molar-refractivity contribution in [1.29, 1.82) is 0 Å². The normalized spacial score (nSPS) is 11.1. The molecule has 0 radical (unpaired) electrons. The van der Waals surface area contributed by atoms with Crippen molar-refractivity contribution in [3.05, 3.63) is 24.3 Å². The molecule has 0 unspecified atom stereocenters. The van der Waals surface area contributed by atoms with Gasteiger partial charge < -0.3 is 9.47 Å². The second kappa shape index (κ2) is 5.69. The maximum atomic E-state index is 10.4. The lowest BCUT2D eigenvalue weighted by Gasteiger charge is -2.07. The quantitative estimate of drug-likeness (QED) is 0.730. The first kappa shape index (κ1) is 12.8. The van der Waals surface area contributed by atoms with Gasteiger partial charge in [0, 0.05) is 6.07 Å². The molecule has 2 N–H and O–H groups in total. The van der Waals surface area contributed by atoms with Crippen LogP contribution >= 0.6 is 0 Å². The van der Waals surface area contributed by atoms with Crippen LogP contribution in [0.25, 0.3) is 0 Å². The predicted octanol–water partition coefficient (Wildman–Crippen LogP) is 0.294. The average Bonchev–Trinajstić information content (AvgIpc) is 2.23. The van der Waals surface area contributed by atoms with Crippen LogP contribution in [-0.4, -0.2) is 28.7 Å². The lowest BCUT2D eigenvalue weighted by Crippen LogP contribution is -2.19. The van der Waals surface area contributed by atoms with Crippen molar-refractivity contribution in [3.63, 3.8) is 0 Å². The Morgan fingerprint density at radius 2 is 1.94 bits per heavy atom. The monoisotopic (exact) mass is 247 g/mol. The molecule has 0 aliphatic rings. The number of ether oxygens (including phenoxy) is 2. The summed E-state index contributed by atoms with van der Waals surface area (Å²) in [5.74, 6) is 1.22. The average molecular weight is 247 g/mol. The summed E-state index contributed by atoms with van der Waals surface area (Å²) in [6.45, 7) is -0.0420. The molecule has 0 aliphatic carbocycles. The fourth-order valence-corrected chi connectivity index (χ4v) is 1.30. The fraction of sp³-hybridized carbons (Fsp3) is 0.333. The molecule has 0 fully saturated rings. The van der Waals surface area contributed by atoms with Crippen LogP contribution in [0.1, 0.15) is 0 Å². The van der Waals surface area contributed by atoms with Crippen LogP contribution in [0.3, 0.4) is 0 Å². The number of hydrogen-bond donors (Lipinski definition) is 1. The second-order valence-electron chi connectivity index (χ2n) is 2.84. The standard InChI is InChI=1S/C9H13NO5S/c1-13-8-3-2-4-9(7-8)14-5-6-15-16(10,11)12/h2-4,7H,5-6H2,1H3,(H2,10,11,12). The van der Waals surface area contributed by atoms with E-state index >= 15 is 0 Å². The molecule has 0 heterocycles. The molecule has 0 atom stereocenters. The highest BCUT2D eigenvalue weighted by molar-refractivity contribution is 7.84. The van der Waals surface area contributed by atoms with Crippen LogP contribution in [-0.2, 0) is 14.5 Å². The van der Waals surface area contributed by atoms with E-state index in [1.54, 1.807) is 31.4 Å². The topological polar surface area (TPSA) is 87.8 Å². The molecule has 0 saturated carbocycles. The lowest BCUT2D eigenvalue weighted by atomic mass is 10.3. The molecule has 0 aliphatic heterocycles. The SMILES string of the molecule is COc1cccc(OCCOS(N)(=O)=O)c1. The lowest BCUT2D eigenvalue weighted by molar-refractivity contribution is 0.220. The Labute approximate surface area is 94.2 Å². The van der Waals surface area contributed by atoms with Gasteiger partial charge in [0.05, 0.1) is 7.11 Å². The third-order valence-corrected chi connectivity index (χ3v) is 2.14. The van der Waals surface area contributed by atoms with Gasteiger partial charge in [-0.05, 0) is 12.1 Å². The van der Waals surface area contributed by atoms with Crippen LogP contribution in [0.2, 0.25) is 0 Å². The molecule has 0 spiro atoms. The predicted molar refractivity (Wildman–Crippen MR) is 57.5 cm³/mol. The molecule has 7 heteroatoms. The van der Waals surface area contributed by atoms with E-state index in [2.05, 4.69) is 9.32 Å². The Balaban J connectivity index is 2.37. The fourth-order valence-electron chi connectivity index (χ4n) is 1.00. The van der Waals surface area contributed by atoms with E-state index in [0.717, 1.165) is 0 Å². The zero-order valence-electron chi connectivity index (χ0n) is 8.75. The molecular weight excluding hydrogens is 234 g/mol. The van der Waals surface area contributed by atoms with Crippen molar-refractivity contribution in [2.45, 2.75) is 0 Å². The molecule has 0 saturated heterocycles. The zero-order valence-corrected chi connectivity index (χ0v) is 9.57. The van der Waals surface area contributed by atoms with E-state index in [1.165, 1.54) is 0 Å². The van der Waals surface area contributed by atoms with Crippen molar-refractivity contribution >= 4 is 10.3 Å². The molecular formula is C9H13NO5S. The minimum atomic E-state index is -3.90. The van der Waals surface area contributed by atoms with Crippen molar-refractivity contribution < 1.29 is 22.1 Å². The van der Waals surface area contributed by atoms with E-state index in [9.17, 15) is 8.42 Å². The number of nitrogens with two attached hydrogens (primary N) is 1. The summed E-state index contributed by atoms with van der Waals surface area (Å²) in [7, 11) is -2.35. The van der Waals surface area contributed by atoms with Gasteiger partial charge in [-0.2, -0.15) is 8.42 Å². The van der Waals surface area contributed by atoms with Gasteiger partial charge in [-0.3, -0.25) is 4.18 Å². The Bertz CT molecular complexity index is 431. The molecule has 1 rings (SSSR count). The third kappa shape index (κ3) is 4.96. The minimum Gasteiger partial charge on any atom is -0.497 e. The van der Waals surface area contributed by atoms with Crippen molar-refractivity contribution in [2.24, 2.45) is 5.14 Å². The largest absolute Gasteiger partial charge is 0.497 e.